The number of nitriles is 1. The predicted molar refractivity (Wildman–Crippen MR) is 253 cm³/mol. The Kier molecular flexibility index (Phi) is 7.99. The Morgan fingerprint density at radius 2 is 0.919 bits per heavy atom. The van der Waals surface area contributed by atoms with Crippen LogP contribution in [-0.4, -0.2) is 9.13 Å². The standard InChI is InChI=1S/C56H34N4OS/c1-58-38-30-40(60-53-26-14-10-22-47(53)49-34-50-48-23-11-15-27-55(48)61-56(50)35-54(49)60)33-44(31-38)62(41-16-4-2-5-17-41,42-18-6-3-7-19-42)43-29-37(36-57)28-39(32-43)59-51-24-12-8-20-45(51)46-21-9-13-25-52(46)59/h2-35H. The van der Waals surface area contributed by atoms with Crippen molar-refractivity contribution in [3.63, 3.8) is 0 Å². The van der Waals surface area contributed by atoms with E-state index in [0.29, 0.717) is 11.3 Å². The molecule has 0 spiro atoms. The van der Waals surface area contributed by atoms with Crippen LogP contribution in [-0.2, 0) is 0 Å². The molecule has 0 N–H and O–H groups in total. The topological polar surface area (TPSA) is 51.1 Å². The van der Waals surface area contributed by atoms with E-state index in [9.17, 15) is 5.26 Å². The smallest absolute Gasteiger partial charge is 0.190 e. The maximum absolute atomic E-state index is 10.9. The molecular formula is C56H34N4OS. The zero-order valence-corrected chi connectivity index (χ0v) is 34.1. The summed E-state index contributed by atoms with van der Waals surface area (Å²) in [6, 6.07) is 74.5. The molecule has 290 valence electrons. The summed E-state index contributed by atoms with van der Waals surface area (Å²) in [5, 5.41) is 17.5. The van der Waals surface area contributed by atoms with Gasteiger partial charge in [-0.3, -0.25) is 0 Å². The van der Waals surface area contributed by atoms with Crippen molar-refractivity contribution in [3.05, 3.63) is 223 Å². The van der Waals surface area contributed by atoms with E-state index in [1.165, 1.54) is 0 Å². The van der Waals surface area contributed by atoms with E-state index >= 15 is 0 Å². The van der Waals surface area contributed by atoms with E-state index in [4.69, 9.17) is 11.0 Å². The summed E-state index contributed by atoms with van der Waals surface area (Å²) in [7, 11) is -2.41. The minimum Gasteiger partial charge on any atom is -0.456 e. The molecular weight excluding hydrogens is 777 g/mol. The lowest BCUT2D eigenvalue weighted by atomic mass is 10.1. The number of rotatable bonds is 6. The molecule has 0 unspecified atom stereocenters. The lowest BCUT2D eigenvalue weighted by molar-refractivity contribution is 0.669. The van der Waals surface area contributed by atoms with E-state index in [2.05, 4.69) is 190 Å². The van der Waals surface area contributed by atoms with Gasteiger partial charge < -0.3 is 13.6 Å². The second-order valence-corrected chi connectivity index (χ2v) is 18.7. The van der Waals surface area contributed by atoms with Crippen molar-refractivity contribution >= 4 is 81.3 Å². The first-order valence-electron chi connectivity index (χ1n) is 20.5. The van der Waals surface area contributed by atoms with Crippen molar-refractivity contribution in [2.75, 3.05) is 0 Å². The zero-order chi connectivity index (χ0) is 41.4. The monoisotopic (exact) mass is 810 g/mol. The number of furan rings is 1. The minimum atomic E-state index is -2.41. The highest BCUT2D eigenvalue weighted by Gasteiger charge is 2.35. The van der Waals surface area contributed by atoms with E-state index < -0.39 is 10.0 Å². The van der Waals surface area contributed by atoms with Crippen LogP contribution < -0.4 is 0 Å². The summed E-state index contributed by atoms with van der Waals surface area (Å²) in [6.07, 6.45) is 0. The molecule has 12 rings (SSSR count). The third-order valence-electron chi connectivity index (χ3n) is 12.2. The molecule has 3 heterocycles. The summed E-state index contributed by atoms with van der Waals surface area (Å²) in [6.45, 7) is 8.59. The molecule has 3 aromatic heterocycles. The molecule has 5 nitrogen and oxygen atoms in total. The van der Waals surface area contributed by atoms with Crippen molar-refractivity contribution in [3.8, 4) is 17.4 Å². The van der Waals surface area contributed by atoms with Crippen molar-refractivity contribution in [2.24, 2.45) is 0 Å². The number of aromatic nitrogens is 2. The van der Waals surface area contributed by atoms with Gasteiger partial charge >= 0.3 is 0 Å². The Bertz CT molecular complexity index is 3750. The molecule has 0 atom stereocenters. The summed E-state index contributed by atoms with van der Waals surface area (Å²) in [5.41, 5.74) is 8.67. The van der Waals surface area contributed by atoms with E-state index in [1.807, 2.05) is 36.4 Å². The van der Waals surface area contributed by atoms with Crippen LogP contribution in [0, 0.1) is 17.9 Å². The summed E-state index contributed by atoms with van der Waals surface area (Å²) < 4.78 is 11.0. The maximum atomic E-state index is 10.9. The molecule has 62 heavy (non-hydrogen) atoms. The van der Waals surface area contributed by atoms with Crippen LogP contribution in [0.15, 0.2) is 230 Å². The molecule has 0 aliphatic heterocycles. The molecule has 0 bridgehead atoms. The van der Waals surface area contributed by atoms with Crippen LogP contribution in [0.5, 0.6) is 0 Å². The zero-order valence-electron chi connectivity index (χ0n) is 33.2. The first-order chi connectivity index (χ1) is 30.6. The quantitative estimate of drug-likeness (QED) is 0.157. The first-order valence-corrected chi connectivity index (χ1v) is 22.1. The van der Waals surface area contributed by atoms with Gasteiger partial charge in [0.15, 0.2) is 5.69 Å². The van der Waals surface area contributed by atoms with Crippen molar-refractivity contribution < 1.29 is 4.42 Å². The van der Waals surface area contributed by atoms with Crippen LogP contribution in [0.1, 0.15) is 5.56 Å². The van der Waals surface area contributed by atoms with Gasteiger partial charge in [-0.25, -0.2) is 4.85 Å². The van der Waals surface area contributed by atoms with Gasteiger partial charge in [0, 0.05) is 64.4 Å². The molecule has 12 aromatic rings. The van der Waals surface area contributed by atoms with Gasteiger partial charge in [-0.05, 0) is 95.9 Å². The van der Waals surface area contributed by atoms with Crippen LogP contribution in [0.4, 0.5) is 5.69 Å². The molecule has 0 saturated heterocycles. The highest BCUT2D eigenvalue weighted by molar-refractivity contribution is 8.34. The molecule has 0 aliphatic carbocycles. The normalized spacial score (nSPS) is 12.1. The van der Waals surface area contributed by atoms with Crippen LogP contribution >= 0.6 is 10.0 Å². The number of para-hydroxylation sites is 4. The predicted octanol–water partition coefficient (Wildman–Crippen LogP) is 15.5. The average Bonchev–Trinajstić information content (AvgIpc) is 3.99. The molecule has 0 aliphatic rings. The molecule has 9 aromatic carbocycles. The fourth-order valence-corrected chi connectivity index (χ4v) is 13.6. The average molecular weight is 811 g/mol. The van der Waals surface area contributed by atoms with Crippen LogP contribution in [0.25, 0.3) is 81.8 Å². The van der Waals surface area contributed by atoms with E-state index in [-0.39, 0.29) is 0 Å². The number of hydrogen-bond donors (Lipinski definition) is 0. The Balaban J connectivity index is 1.20. The van der Waals surface area contributed by atoms with Crippen molar-refractivity contribution in [2.45, 2.75) is 19.6 Å². The van der Waals surface area contributed by atoms with Crippen molar-refractivity contribution in [1.29, 1.82) is 5.26 Å². The van der Waals surface area contributed by atoms with Crippen molar-refractivity contribution in [1.82, 2.24) is 9.13 Å². The Morgan fingerprint density at radius 3 is 1.52 bits per heavy atom. The van der Waals surface area contributed by atoms with Gasteiger partial charge in [-0.15, -0.1) is 10.0 Å². The van der Waals surface area contributed by atoms with E-state index in [1.54, 1.807) is 0 Å². The third kappa shape index (κ3) is 5.21. The molecule has 0 amide bonds. The largest absolute Gasteiger partial charge is 0.456 e. The fraction of sp³-hybridized carbons (Fsp3) is 0. The Morgan fingerprint density at radius 1 is 0.419 bits per heavy atom. The first kappa shape index (κ1) is 35.6. The van der Waals surface area contributed by atoms with Gasteiger partial charge in [-0.2, -0.15) is 5.26 Å². The van der Waals surface area contributed by atoms with Crippen LogP contribution in [0.3, 0.4) is 0 Å². The maximum Gasteiger partial charge on any atom is 0.190 e. The number of benzene rings is 9. The van der Waals surface area contributed by atoms with Gasteiger partial charge in [0.1, 0.15) is 11.2 Å². The summed E-state index contributed by atoms with van der Waals surface area (Å²) in [5.74, 6) is 0. The second-order valence-electron chi connectivity index (χ2n) is 15.5. The highest BCUT2D eigenvalue weighted by Crippen LogP contribution is 2.74. The highest BCUT2D eigenvalue weighted by atomic mass is 32.3. The van der Waals surface area contributed by atoms with Gasteiger partial charge in [0.2, 0.25) is 0 Å². The Labute approximate surface area is 358 Å². The lowest BCUT2D eigenvalue weighted by Crippen LogP contribution is -2.08. The van der Waals surface area contributed by atoms with Gasteiger partial charge in [-0.1, -0.05) is 109 Å². The van der Waals surface area contributed by atoms with Gasteiger partial charge in [0.05, 0.1) is 40.3 Å². The van der Waals surface area contributed by atoms with Gasteiger partial charge in [0.25, 0.3) is 0 Å². The number of nitrogens with zero attached hydrogens (tertiary/aromatic N) is 4. The molecule has 0 radical (unpaired) electrons. The Hall–Kier alpha value is -8.29. The lowest BCUT2D eigenvalue weighted by Gasteiger charge is -2.42. The second kappa shape index (κ2) is 13.9. The SMILES string of the molecule is [C-]#[N+]c1cc(-n2c3ccccc3c3cc4c(cc32)oc2ccccc24)cc(S(c2ccccc2)(c2ccccc2)c2cc(C#N)cc(-n3c4ccccc4c4ccccc43)c2)c1. The third-order valence-corrected chi connectivity index (χ3v) is 16.0. The summed E-state index contributed by atoms with van der Waals surface area (Å²) >= 11 is 0. The molecule has 6 heteroatoms. The van der Waals surface area contributed by atoms with Crippen LogP contribution in [0.2, 0.25) is 0 Å². The van der Waals surface area contributed by atoms with E-state index in [0.717, 1.165) is 96.5 Å². The minimum absolute atomic E-state index is 0.524. The number of hydrogen-bond acceptors (Lipinski definition) is 2. The fourth-order valence-electron chi connectivity index (χ4n) is 9.62. The summed E-state index contributed by atoms with van der Waals surface area (Å²) in [4.78, 5) is 8.33. The molecule has 0 saturated carbocycles. The molecule has 0 fully saturated rings. The number of fused-ring (bicyclic) bond motifs is 9.